The van der Waals surface area contributed by atoms with Gasteiger partial charge in [-0.15, -0.1) is 0 Å². The number of fused-ring (bicyclic) bond motifs is 1. The Kier molecular flexibility index (Phi) is 3.96. The van der Waals surface area contributed by atoms with Gasteiger partial charge in [-0.25, -0.2) is 0 Å². The molecule has 0 N–H and O–H groups in total. The number of piperazine rings is 1. The van der Waals surface area contributed by atoms with Crippen molar-refractivity contribution in [3.8, 4) is 0 Å². The van der Waals surface area contributed by atoms with E-state index in [1.807, 2.05) is 9.80 Å². The van der Waals surface area contributed by atoms with Crippen molar-refractivity contribution in [3.63, 3.8) is 0 Å². The third-order valence-electron chi connectivity index (χ3n) is 5.06. The highest BCUT2D eigenvalue weighted by atomic mass is 16.2. The van der Waals surface area contributed by atoms with Crippen molar-refractivity contribution in [1.29, 1.82) is 0 Å². The maximum atomic E-state index is 12.6. The standard InChI is InChI=1S/C15H25N3O2/c1-16-8-5-12(6-9-16)10-17-11-14(19)18-7-3-2-4-13(18)15(17)20/h12-13H,2-11H2,1H3. The Morgan fingerprint density at radius 3 is 2.55 bits per heavy atom. The summed E-state index contributed by atoms with van der Waals surface area (Å²) in [7, 11) is 2.14. The molecule has 0 spiro atoms. The molecule has 112 valence electrons. The van der Waals surface area contributed by atoms with E-state index in [2.05, 4.69) is 11.9 Å². The third kappa shape index (κ3) is 2.68. The van der Waals surface area contributed by atoms with Crippen LogP contribution < -0.4 is 0 Å². The molecule has 5 nitrogen and oxygen atoms in total. The lowest BCUT2D eigenvalue weighted by molar-refractivity contribution is -0.158. The lowest BCUT2D eigenvalue weighted by Gasteiger charge is -2.44. The molecule has 3 rings (SSSR count). The van der Waals surface area contributed by atoms with Crippen molar-refractivity contribution in [2.45, 2.75) is 38.1 Å². The molecule has 0 radical (unpaired) electrons. The van der Waals surface area contributed by atoms with Crippen LogP contribution in [0.4, 0.5) is 0 Å². The highest BCUT2D eigenvalue weighted by molar-refractivity contribution is 5.95. The van der Waals surface area contributed by atoms with Crippen molar-refractivity contribution in [2.24, 2.45) is 5.92 Å². The van der Waals surface area contributed by atoms with Crippen LogP contribution in [0.1, 0.15) is 32.1 Å². The van der Waals surface area contributed by atoms with E-state index in [9.17, 15) is 9.59 Å². The lowest BCUT2D eigenvalue weighted by atomic mass is 9.94. The Hall–Kier alpha value is -1.10. The van der Waals surface area contributed by atoms with Crippen LogP contribution in [-0.2, 0) is 9.59 Å². The van der Waals surface area contributed by atoms with Crippen molar-refractivity contribution in [2.75, 3.05) is 39.8 Å². The zero-order chi connectivity index (χ0) is 14.1. The van der Waals surface area contributed by atoms with Crippen LogP contribution in [0.15, 0.2) is 0 Å². The van der Waals surface area contributed by atoms with Gasteiger partial charge in [0.25, 0.3) is 0 Å². The van der Waals surface area contributed by atoms with E-state index >= 15 is 0 Å². The van der Waals surface area contributed by atoms with Gasteiger partial charge in [-0.1, -0.05) is 0 Å². The zero-order valence-corrected chi connectivity index (χ0v) is 12.4. The highest BCUT2D eigenvalue weighted by Gasteiger charge is 2.40. The largest absolute Gasteiger partial charge is 0.331 e. The number of amides is 2. The fourth-order valence-electron chi connectivity index (χ4n) is 3.74. The summed E-state index contributed by atoms with van der Waals surface area (Å²) in [6.07, 6.45) is 5.26. The first kappa shape index (κ1) is 13.9. The summed E-state index contributed by atoms with van der Waals surface area (Å²) in [5.74, 6) is 0.920. The van der Waals surface area contributed by atoms with Gasteiger partial charge in [0.1, 0.15) is 6.04 Å². The second-order valence-electron chi connectivity index (χ2n) is 6.56. The van der Waals surface area contributed by atoms with Gasteiger partial charge in [0.05, 0.1) is 6.54 Å². The molecule has 3 aliphatic heterocycles. The number of rotatable bonds is 2. The molecule has 0 aromatic carbocycles. The van der Waals surface area contributed by atoms with E-state index in [0.717, 1.165) is 58.3 Å². The van der Waals surface area contributed by atoms with E-state index in [1.54, 1.807) is 0 Å². The summed E-state index contributed by atoms with van der Waals surface area (Å²) >= 11 is 0. The summed E-state index contributed by atoms with van der Waals surface area (Å²) < 4.78 is 0. The van der Waals surface area contributed by atoms with Gasteiger partial charge in [0.15, 0.2) is 0 Å². The van der Waals surface area contributed by atoms with Gasteiger partial charge < -0.3 is 14.7 Å². The van der Waals surface area contributed by atoms with Gasteiger partial charge in [-0.2, -0.15) is 0 Å². The van der Waals surface area contributed by atoms with Crippen molar-refractivity contribution in [3.05, 3.63) is 0 Å². The fraction of sp³-hybridized carbons (Fsp3) is 0.867. The number of carbonyl (C=O) groups excluding carboxylic acids is 2. The number of nitrogens with zero attached hydrogens (tertiary/aromatic N) is 3. The van der Waals surface area contributed by atoms with Crippen LogP contribution in [0, 0.1) is 5.92 Å². The molecule has 3 aliphatic rings. The maximum absolute atomic E-state index is 12.6. The summed E-state index contributed by atoms with van der Waals surface area (Å²) in [5, 5.41) is 0. The third-order valence-corrected chi connectivity index (χ3v) is 5.06. The lowest BCUT2D eigenvalue weighted by Crippen LogP contribution is -2.62. The zero-order valence-electron chi connectivity index (χ0n) is 12.4. The number of likely N-dealkylation sites (tertiary alicyclic amines) is 1. The summed E-state index contributed by atoms with van der Waals surface area (Å²) in [6.45, 7) is 4.08. The number of hydrogen-bond donors (Lipinski definition) is 0. The van der Waals surface area contributed by atoms with Crippen molar-refractivity contribution < 1.29 is 9.59 Å². The van der Waals surface area contributed by atoms with Crippen LogP contribution in [0.3, 0.4) is 0 Å². The van der Waals surface area contributed by atoms with Gasteiger partial charge in [0.2, 0.25) is 11.8 Å². The Labute approximate surface area is 120 Å². The van der Waals surface area contributed by atoms with E-state index in [0.29, 0.717) is 12.5 Å². The summed E-state index contributed by atoms with van der Waals surface area (Å²) in [5.41, 5.74) is 0. The average Bonchev–Trinajstić information content (AvgIpc) is 2.47. The Bertz CT molecular complexity index is 391. The molecule has 5 heteroatoms. The molecule has 3 fully saturated rings. The number of hydrogen-bond acceptors (Lipinski definition) is 3. The molecular weight excluding hydrogens is 254 g/mol. The smallest absolute Gasteiger partial charge is 0.245 e. The average molecular weight is 279 g/mol. The molecule has 0 aromatic heterocycles. The topological polar surface area (TPSA) is 43.9 Å². The van der Waals surface area contributed by atoms with Crippen LogP contribution in [0.2, 0.25) is 0 Å². The minimum atomic E-state index is -0.156. The second kappa shape index (κ2) is 5.72. The highest BCUT2D eigenvalue weighted by Crippen LogP contribution is 2.25. The van der Waals surface area contributed by atoms with Crippen LogP contribution in [-0.4, -0.2) is 72.3 Å². The molecular formula is C15H25N3O2. The fourth-order valence-corrected chi connectivity index (χ4v) is 3.74. The second-order valence-corrected chi connectivity index (χ2v) is 6.56. The Balaban J connectivity index is 1.62. The quantitative estimate of drug-likeness (QED) is 0.741. The molecule has 0 aliphatic carbocycles. The first-order valence-electron chi connectivity index (χ1n) is 7.92. The summed E-state index contributed by atoms with van der Waals surface area (Å²) in [4.78, 5) is 30.8. The number of carbonyl (C=O) groups is 2. The van der Waals surface area contributed by atoms with Crippen LogP contribution in [0.5, 0.6) is 0 Å². The van der Waals surface area contributed by atoms with Crippen molar-refractivity contribution in [1.82, 2.24) is 14.7 Å². The van der Waals surface area contributed by atoms with Gasteiger partial charge >= 0.3 is 0 Å². The molecule has 0 aromatic rings. The molecule has 20 heavy (non-hydrogen) atoms. The molecule has 1 atom stereocenters. The minimum absolute atomic E-state index is 0.155. The molecule has 3 heterocycles. The SMILES string of the molecule is CN1CCC(CN2CC(=O)N3CCCCC3C2=O)CC1. The normalized spacial score (nSPS) is 29.8. The van der Waals surface area contributed by atoms with Crippen molar-refractivity contribution >= 4 is 11.8 Å². The molecule has 2 amide bonds. The van der Waals surface area contributed by atoms with E-state index in [1.165, 1.54) is 0 Å². The maximum Gasteiger partial charge on any atom is 0.245 e. The van der Waals surface area contributed by atoms with Crippen LogP contribution >= 0.6 is 0 Å². The molecule has 1 unspecified atom stereocenters. The first-order chi connectivity index (χ1) is 9.65. The van der Waals surface area contributed by atoms with Gasteiger partial charge in [-0.05, 0) is 58.2 Å². The van der Waals surface area contributed by atoms with E-state index < -0.39 is 0 Å². The Morgan fingerprint density at radius 2 is 1.80 bits per heavy atom. The van der Waals surface area contributed by atoms with E-state index in [4.69, 9.17) is 0 Å². The predicted molar refractivity (Wildman–Crippen MR) is 76.2 cm³/mol. The molecule has 0 bridgehead atoms. The predicted octanol–water partition coefficient (Wildman–Crippen LogP) is 0.551. The Morgan fingerprint density at radius 1 is 1.05 bits per heavy atom. The number of piperidine rings is 2. The summed E-state index contributed by atoms with van der Waals surface area (Å²) in [6, 6.07) is -0.156. The molecule has 0 saturated carbocycles. The minimum Gasteiger partial charge on any atom is -0.331 e. The van der Waals surface area contributed by atoms with Gasteiger partial charge in [0, 0.05) is 13.1 Å². The van der Waals surface area contributed by atoms with E-state index in [-0.39, 0.29) is 17.9 Å². The van der Waals surface area contributed by atoms with Gasteiger partial charge in [-0.3, -0.25) is 9.59 Å². The monoisotopic (exact) mass is 279 g/mol. The first-order valence-corrected chi connectivity index (χ1v) is 7.92. The van der Waals surface area contributed by atoms with Crippen LogP contribution in [0.25, 0.3) is 0 Å². The molecule has 3 saturated heterocycles.